The number of aryl methyl sites for hydroxylation is 1. The smallest absolute Gasteiger partial charge is 0.420 e. The van der Waals surface area contributed by atoms with Crippen molar-refractivity contribution in [3.63, 3.8) is 0 Å². The Morgan fingerprint density at radius 1 is 1.36 bits per heavy atom. The Morgan fingerprint density at radius 2 is 2.14 bits per heavy atom. The molecule has 1 fully saturated rings. The Kier molecular flexibility index (Phi) is 5.66. The zero-order valence-electron chi connectivity index (χ0n) is 15.4. The standard InChI is InChI=1S/C18H19F3N4O3/c1-11-7-14(16(26)27-2)24-17(23-11)25-6-4-12(9-25)10-28-15-8-22-5-3-13(15)18(19,20)21/h3,5,7-8,12H,4,6,9-10H2,1-2H3. The quantitative estimate of drug-likeness (QED) is 0.719. The van der Waals surface area contributed by atoms with E-state index in [4.69, 9.17) is 9.47 Å². The first-order chi connectivity index (χ1) is 13.3. The maximum absolute atomic E-state index is 13.0. The second kappa shape index (κ2) is 7.99. The number of carbonyl (C=O) groups is 1. The molecule has 1 saturated heterocycles. The lowest BCUT2D eigenvalue weighted by Gasteiger charge is -2.18. The van der Waals surface area contributed by atoms with Gasteiger partial charge in [0.1, 0.15) is 11.3 Å². The van der Waals surface area contributed by atoms with Gasteiger partial charge in [0.25, 0.3) is 0 Å². The first kappa shape index (κ1) is 19.8. The predicted octanol–water partition coefficient (Wildman–Crippen LogP) is 2.89. The van der Waals surface area contributed by atoms with Crippen molar-refractivity contribution < 1.29 is 27.4 Å². The summed E-state index contributed by atoms with van der Waals surface area (Å²) in [6.07, 6.45) is -1.64. The number of anilines is 1. The average molecular weight is 396 g/mol. The van der Waals surface area contributed by atoms with E-state index in [1.54, 1.807) is 6.92 Å². The van der Waals surface area contributed by atoms with Crippen molar-refractivity contribution in [3.05, 3.63) is 41.5 Å². The topological polar surface area (TPSA) is 77.4 Å². The number of methoxy groups -OCH3 is 1. The highest BCUT2D eigenvalue weighted by Crippen LogP contribution is 2.35. The van der Waals surface area contributed by atoms with Gasteiger partial charge in [-0.2, -0.15) is 13.2 Å². The van der Waals surface area contributed by atoms with E-state index in [2.05, 4.69) is 15.0 Å². The fraction of sp³-hybridized carbons (Fsp3) is 0.444. The van der Waals surface area contributed by atoms with Crippen molar-refractivity contribution in [1.29, 1.82) is 0 Å². The van der Waals surface area contributed by atoms with E-state index in [9.17, 15) is 18.0 Å². The predicted molar refractivity (Wildman–Crippen MR) is 93.2 cm³/mol. The number of rotatable bonds is 5. The normalized spacial score (nSPS) is 16.9. The summed E-state index contributed by atoms with van der Waals surface area (Å²) in [5.41, 5.74) is -0.0627. The zero-order valence-corrected chi connectivity index (χ0v) is 15.4. The number of hydrogen-bond donors (Lipinski definition) is 0. The number of ether oxygens (including phenoxy) is 2. The van der Waals surface area contributed by atoms with E-state index in [1.165, 1.54) is 13.2 Å². The van der Waals surface area contributed by atoms with Gasteiger partial charge in [-0.05, 0) is 25.5 Å². The van der Waals surface area contributed by atoms with E-state index in [1.807, 2.05) is 4.90 Å². The second-order valence-electron chi connectivity index (χ2n) is 6.47. The molecule has 150 valence electrons. The molecule has 28 heavy (non-hydrogen) atoms. The van der Waals surface area contributed by atoms with Crippen LogP contribution in [0.2, 0.25) is 0 Å². The summed E-state index contributed by atoms with van der Waals surface area (Å²) in [4.78, 5) is 25.9. The van der Waals surface area contributed by atoms with E-state index in [-0.39, 0.29) is 24.0 Å². The van der Waals surface area contributed by atoms with Crippen LogP contribution in [0.25, 0.3) is 0 Å². The summed E-state index contributed by atoms with van der Waals surface area (Å²) in [5.74, 6) is -0.456. The summed E-state index contributed by atoms with van der Waals surface area (Å²) < 4.78 is 49.2. The first-order valence-corrected chi connectivity index (χ1v) is 8.61. The van der Waals surface area contributed by atoms with Crippen LogP contribution in [-0.2, 0) is 10.9 Å². The van der Waals surface area contributed by atoms with Gasteiger partial charge in [0.2, 0.25) is 5.95 Å². The van der Waals surface area contributed by atoms with Gasteiger partial charge < -0.3 is 14.4 Å². The van der Waals surface area contributed by atoms with E-state index >= 15 is 0 Å². The molecule has 1 unspecified atom stereocenters. The van der Waals surface area contributed by atoms with E-state index in [0.29, 0.717) is 31.2 Å². The number of hydrogen-bond acceptors (Lipinski definition) is 7. The highest BCUT2D eigenvalue weighted by Gasteiger charge is 2.35. The third-order valence-electron chi connectivity index (χ3n) is 4.37. The number of alkyl halides is 3. The molecule has 3 heterocycles. The van der Waals surface area contributed by atoms with Gasteiger partial charge in [0.15, 0.2) is 5.69 Å². The molecule has 0 bridgehead atoms. The molecule has 0 aliphatic carbocycles. The molecule has 1 atom stereocenters. The Morgan fingerprint density at radius 3 is 2.86 bits per heavy atom. The number of halogens is 3. The van der Waals surface area contributed by atoms with Crippen LogP contribution >= 0.6 is 0 Å². The lowest BCUT2D eigenvalue weighted by Crippen LogP contribution is -2.25. The lowest BCUT2D eigenvalue weighted by molar-refractivity contribution is -0.139. The number of aromatic nitrogens is 3. The average Bonchev–Trinajstić information content (AvgIpc) is 3.14. The van der Waals surface area contributed by atoms with Crippen LogP contribution in [0.5, 0.6) is 5.75 Å². The molecule has 0 aromatic carbocycles. The van der Waals surface area contributed by atoms with Crippen molar-refractivity contribution in [1.82, 2.24) is 15.0 Å². The maximum Gasteiger partial charge on any atom is 0.420 e. The Labute approximate surface area is 159 Å². The largest absolute Gasteiger partial charge is 0.491 e. The summed E-state index contributed by atoms with van der Waals surface area (Å²) in [5, 5.41) is 0. The number of nitrogens with zero attached hydrogens (tertiary/aromatic N) is 4. The second-order valence-corrected chi connectivity index (χ2v) is 6.47. The minimum Gasteiger partial charge on any atom is -0.491 e. The molecule has 0 amide bonds. The van der Waals surface area contributed by atoms with Crippen LogP contribution in [0.4, 0.5) is 19.1 Å². The van der Waals surface area contributed by atoms with Crippen LogP contribution in [0.3, 0.4) is 0 Å². The summed E-state index contributed by atoms with van der Waals surface area (Å²) >= 11 is 0. The van der Waals surface area contributed by atoms with Gasteiger partial charge in [-0.1, -0.05) is 0 Å². The molecule has 0 radical (unpaired) electrons. The molecule has 7 nitrogen and oxygen atoms in total. The lowest BCUT2D eigenvalue weighted by atomic mass is 10.1. The molecule has 3 rings (SSSR count). The maximum atomic E-state index is 13.0. The van der Waals surface area contributed by atoms with Crippen LogP contribution in [0.15, 0.2) is 24.5 Å². The monoisotopic (exact) mass is 396 g/mol. The molecule has 1 aliphatic heterocycles. The van der Waals surface area contributed by atoms with Crippen molar-refractivity contribution in [2.75, 3.05) is 31.7 Å². The highest BCUT2D eigenvalue weighted by atomic mass is 19.4. The van der Waals surface area contributed by atoms with Gasteiger partial charge in [-0.25, -0.2) is 14.8 Å². The molecule has 1 aliphatic rings. The summed E-state index contributed by atoms with van der Waals surface area (Å²) in [7, 11) is 1.27. The van der Waals surface area contributed by atoms with Crippen LogP contribution in [-0.4, -0.2) is 47.7 Å². The molecule has 0 spiro atoms. The van der Waals surface area contributed by atoms with Crippen molar-refractivity contribution in [2.45, 2.75) is 19.5 Å². The van der Waals surface area contributed by atoms with E-state index in [0.717, 1.165) is 18.5 Å². The summed E-state index contributed by atoms with van der Waals surface area (Å²) in [6, 6.07) is 2.43. The Hall–Kier alpha value is -2.91. The Balaban J connectivity index is 1.66. The number of pyridine rings is 1. The minimum absolute atomic E-state index is 0.00743. The SMILES string of the molecule is COC(=O)c1cc(C)nc(N2CCC(COc3cnccc3C(F)(F)F)C2)n1. The van der Waals surface area contributed by atoms with Gasteiger partial charge in [0, 0.05) is 30.9 Å². The highest BCUT2D eigenvalue weighted by molar-refractivity contribution is 5.87. The van der Waals surface area contributed by atoms with Crippen LogP contribution < -0.4 is 9.64 Å². The van der Waals surface area contributed by atoms with E-state index < -0.39 is 17.7 Å². The molecule has 2 aromatic rings. The molecule has 2 aromatic heterocycles. The number of esters is 1. The van der Waals surface area contributed by atoms with Crippen molar-refractivity contribution in [2.24, 2.45) is 5.92 Å². The third kappa shape index (κ3) is 4.49. The minimum atomic E-state index is -4.50. The van der Waals surface area contributed by atoms with Crippen molar-refractivity contribution >= 4 is 11.9 Å². The molecular formula is C18H19F3N4O3. The third-order valence-corrected chi connectivity index (χ3v) is 4.37. The zero-order chi connectivity index (χ0) is 20.3. The molecular weight excluding hydrogens is 377 g/mol. The van der Waals surface area contributed by atoms with Gasteiger partial charge in [0.05, 0.1) is 19.9 Å². The van der Waals surface area contributed by atoms with Crippen molar-refractivity contribution in [3.8, 4) is 5.75 Å². The van der Waals surface area contributed by atoms with Crippen LogP contribution in [0.1, 0.15) is 28.2 Å². The fourth-order valence-electron chi connectivity index (χ4n) is 2.99. The summed E-state index contributed by atoms with van der Waals surface area (Å²) in [6.45, 7) is 2.97. The van der Waals surface area contributed by atoms with Gasteiger partial charge in [-0.3, -0.25) is 4.98 Å². The number of carbonyl (C=O) groups excluding carboxylic acids is 1. The molecule has 0 saturated carbocycles. The fourth-order valence-corrected chi connectivity index (χ4v) is 2.99. The van der Waals surface area contributed by atoms with Gasteiger partial charge >= 0.3 is 12.1 Å². The first-order valence-electron chi connectivity index (χ1n) is 8.61. The van der Waals surface area contributed by atoms with Crippen LogP contribution in [0, 0.1) is 12.8 Å². The Bertz CT molecular complexity index is 860. The molecule has 10 heteroatoms. The molecule has 0 N–H and O–H groups in total. The van der Waals surface area contributed by atoms with Gasteiger partial charge in [-0.15, -0.1) is 0 Å².